The molecule has 5 nitrogen and oxygen atoms in total. The fourth-order valence-electron chi connectivity index (χ4n) is 2.67. The summed E-state index contributed by atoms with van der Waals surface area (Å²) >= 11 is 1.43. The molecule has 3 rings (SSSR count). The molecule has 0 unspecified atom stereocenters. The second kappa shape index (κ2) is 7.35. The van der Waals surface area contributed by atoms with Crippen molar-refractivity contribution in [2.45, 2.75) is 46.5 Å². The van der Waals surface area contributed by atoms with Gasteiger partial charge in [0.15, 0.2) is 0 Å². The first-order valence-corrected chi connectivity index (χ1v) is 9.36. The van der Waals surface area contributed by atoms with Gasteiger partial charge in [-0.05, 0) is 29.5 Å². The normalized spacial score (nSPS) is 11.6. The van der Waals surface area contributed by atoms with Gasteiger partial charge >= 0.3 is 0 Å². The van der Waals surface area contributed by atoms with Gasteiger partial charge in [-0.1, -0.05) is 45.1 Å². The van der Waals surface area contributed by atoms with E-state index in [9.17, 15) is 4.79 Å². The molecule has 2 aromatic heterocycles. The molecule has 0 aliphatic carbocycles. The average Bonchev–Trinajstić information content (AvgIpc) is 3.13. The van der Waals surface area contributed by atoms with Crippen molar-refractivity contribution in [3.05, 3.63) is 40.6 Å². The minimum absolute atomic E-state index is 0.107. The van der Waals surface area contributed by atoms with Crippen LogP contribution in [-0.4, -0.2) is 16.1 Å². The molecule has 25 heavy (non-hydrogen) atoms. The number of fused-ring (bicyclic) bond motifs is 1. The van der Waals surface area contributed by atoms with Crippen LogP contribution in [0.5, 0.6) is 0 Å². The molecule has 3 aromatic rings. The highest BCUT2D eigenvalue weighted by atomic mass is 32.1. The zero-order valence-electron chi connectivity index (χ0n) is 15.0. The van der Waals surface area contributed by atoms with Crippen LogP contribution in [0.3, 0.4) is 0 Å². The highest BCUT2D eigenvalue weighted by molar-refractivity contribution is 7.15. The maximum Gasteiger partial charge on any atom is 0.230 e. The SMILES string of the molecule is CC(C)Cc1nnc(NC(=O)Cc2coc3ccc(C(C)C)cc23)s1. The number of carbonyl (C=O) groups excluding carboxylic acids is 1. The summed E-state index contributed by atoms with van der Waals surface area (Å²) in [6.07, 6.45) is 2.80. The summed E-state index contributed by atoms with van der Waals surface area (Å²) in [5.74, 6) is 0.843. The van der Waals surface area contributed by atoms with Gasteiger partial charge in [0.05, 0.1) is 12.7 Å². The van der Waals surface area contributed by atoms with Crippen molar-refractivity contribution in [3.8, 4) is 0 Å². The lowest BCUT2D eigenvalue weighted by Crippen LogP contribution is -2.14. The molecule has 1 amide bonds. The summed E-state index contributed by atoms with van der Waals surface area (Å²) in [6, 6.07) is 6.14. The van der Waals surface area contributed by atoms with E-state index >= 15 is 0 Å². The van der Waals surface area contributed by atoms with Crippen molar-refractivity contribution in [1.82, 2.24) is 10.2 Å². The van der Waals surface area contributed by atoms with Gasteiger partial charge in [0.2, 0.25) is 11.0 Å². The number of anilines is 1. The number of hydrogen-bond acceptors (Lipinski definition) is 5. The predicted molar refractivity (Wildman–Crippen MR) is 101 cm³/mol. The van der Waals surface area contributed by atoms with Crippen molar-refractivity contribution in [2.24, 2.45) is 5.92 Å². The van der Waals surface area contributed by atoms with E-state index in [0.29, 0.717) is 17.0 Å². The van der Waals surface area contributed by atoms with Gasteiger partial charge in [0, 0.05) is 17.4 Å². The monoisotopic (exact) mass is 357 g/mol. The van der Waals surface area contributed by atoms with Gasteiger partial charge in [-0.2, -0.15) is 0 Å². The van der Waals surface area contributed by atoms with Crippen LogP contribution in [0.1, 0.15) is 49.7 Å². The smallest absolute Gasteiger partial charge is 0.230 e. The molecule has 2 heterocycles. The number of amides is 1. The van der Waals surface area contributed by atoms with Crippen LogP contribution in [0.25, 0.3) is 11.0 Å². The molecule has 1 N–H and O–H groups in total. The molecule has 0 aliphatic heterocycles. The van der Waals surface area contributed by atoms with E-state index in [1.807, 2.05) is 6.07 Å². The maximum atomic E-state index is 12.4. The quantitative estimate of drug-likeness (QED) is 0.689. The lowest BCUT2D eigenvalue weighted by molar-refractivity contribution is -0.115. The van der Waals surface area contributed by atoms with E-state index < -0.39 is 0 Å². The maximum absolute atomic E-state index is 12.4. The van der Waals surface area contributed by atoms with Crippen molar-refractivity contribution < 1.29 is 9.21 Å². The lowest BCUT2D eigenvalue weighted by atomic mass is 10.00. The fourth-order valence-corrected chi connectivity index (χ4v) is 3.64. The van der Waals surface area contributed by atoms with Gasteiger partial charge in [-0.3, -0.25) is 4.79 Å². The number of aromatic nitrogens is 2. The third-order valence-electron chi connectivity index (χ3n) is 3.99. The first-order chi connectivity index (χ1) is 11.9. The van der Waals surface area contributed by atoms with E-state index in [-0.39, 0.29) is 12.3 Å². The Labute approximate surface area is 151 Å². The zero-order valence-corrected chi connectivity index (χ0v) is 15.8. The molecule has 0 spiro atoms. The molecule has 1 aromatic carbocycles. The molecule has 6 heteroatoms. The van der Waals surface area contributed by atoms with E-state index in [1.54, 1.807) is 6.26 Å². The number of carbonyl (C=O) groups is 1. The van der Waals surface area contributed by atoms with Crippen molar-refractivity contribution >= 4 is 33.3 Å². The van der Waals surface area contributed by atoms with Crippen LogP contribution in [0.2, 0.25) is 0 Å². The first kappa shape index (κ1) is 17.6. The molecule has 0 atom stereocenters. The largest absolute Gasteiger partial charge is 0.464 e. The summed E-state index contributed by atoms with van der Waals surface area (Å²) in [7, 11) is 0. The van der Waals surface area contributed by atoms with Crippen LogP contribution in [0.15, 0.2) is 28.9 Å². The highest BCUT2D eigenvalue weighted by Gasteiger charge is 2.14. The van der Waals surface area contributed by atoms with Crippen LogP contribution in [0, 0.1) is 5.92 Å². The van der Waals surface area contributed by atoms with E-state index in [4.69, 9.17) is 4.42 Å². The second-order valence-corrected chi connectivity index (χ2v) is 8.06. The summed E-state index contributed by atoms with van der Waals surface area (Å²) in [6.45, 7) is 8.57. The van der Waals surface area contributed by atoms with Crippen molar-refractivity contribution in [3.63, 3.8) is 0 Å². The Bertz CT molecular complexity index is 880. The average molecular weight is 357 g/mol. The molecule has 0 aliphatic rings. The Balaban J connectivity index is 1.71. The van der Waals surface area contributed by atoms with Crippen molar-refractivity contribution in [2.75, 3.05) is 5.32 Å². The van der Waals surface area contributed by atoms with Gasteiger partial charge < -0.3 is 9.73 Å². The molecule has 0 bridgehead atoms. The van der Waals surface area contributed by atoms with Gasteiger partial charge in [-0.15, -0.1) is 10.2 Å². The third kappa shape index (κ3) is 4.25. The lowest BCUT2D eigenvalue weighted by Gasteiger charge is -2.05. The Morgan fingerprint density at radius 2 is 2.04 bits per heavy atom. The summed E-state index contributed by atoms with van der Waals surface area (Å²) < 4.78 is 5.58. The topological polar surface area (TPSA) is 68.0 Å². The number of rotatable bonds is 6. The number of furan rings is 1. The number of benzene rings is 1. The minimum Gasteiger partial charge on any atom is -0.464 e. The van der Waals surface area contributed by atoms with E-state index in [1.165, 1.54) is 16.9 Å². The Hall–Kier alpha value is -2.21. The predicted octanol–water partition coefficient (Wildman–Crippen LogP) is 4.79. The van der Waals surface area contributed by atoms with Gasteiger partial charge in [-0.25, -0.2) is 0 Å². The van der Waals surface area contributed by atoms with E-state index in [0.717, 1.165) is 28.0 Å². The molecule has 0 radical (unpaired) electrons. The third-order valence-corrected chi connectivity index (χ3v) is 4.85. The van der Waals surface area contributed by atoms with Crippen LogP contribution in [0.4, 0.5) is 5.13 Å². The van der Waals surface area contributed by atoms with Gasteiger partial charge in [0.25, 0.3) is 0 Å². The van der Waals surface area contributed by atoms with Crippen LogP contribution in [-0.2, 0) is 17.6 Å². The summed E-state index contributed by atoms with van der Waals surface area (Å²) in [4.78, 5) is 12.4. The summed E-state index contributed by atoms with van der Waals surface area (Å²) in [5.41, 5.74) is 2.93. The number of nitrogens with zero attached hydrogens (tertiary/aromatic N) is 2. The summed E-state index contributed by atoms with van der Waals surface area (Å²) in [5, 5.41) is 13.5. The molecular formula is C19H23N3O2S. The Morgan fingerprint density at radius 3 is 2.76 bits per heavy atom. The Morgan fingerprint density at radius 1 is 1.24 bits per heavy atom. The number of hydrogen-bond donors (Lipinski definition) is 1. The minimum atomic E-state index is -0.107. The molecule has 0 saturated heterocycles. The number of nitrogens with one attached hydrogen (secondary N) is 1. The van der Waals surface area contributed by atoms with Gasteiger partial charge in [0.1, 0.15) is 10.6 Å². The molecular weight excluding hydrogens is 334 g/mol. The Kier molecular flexibility index (Phi) is 5.18. The van der Waals surface area contributed by atoms with E-state index in [2.05, 4.69) is 55.3 Å². The second-order valence-electron chi connectivity index (χ2n) is 7.00. The molecule has 0 saturated carbocycles. The highest BCUT2D eigenvalue weighted by Crippen LogP contribution is 2.26. The molecule has 132 valence electrons. The fraction of sp³-hybridized carbons (Fsp3) is 0.421. The van der Waals surface area contributed by atoms with Crippen LogP contribution < -0.4 is 5.32 Å². The molecule has 0 fully saturated rings. The van der Waals surface area contributed by atoms with Crippen LogP contribution >= 0.6 is 11.3 Å². The first-order valence-electron chi connectivity index (χ1n) is 8.54. The zero-order chi connectivity index (χ0) is 18.0. The standard InChI is InChI=1S/C19H23N3O2S/c1-11(2)7-18-21-22-19(25-18)20-17(23)9-14-10-24-16-6-5-13(12(3)4)8-15(14)16/h5-6,8,10-12H,7,9H2,1-4H3,(H,20,22,23). The van der Waals surface area contributed by atoms with Crippen molar-refractivity contribution in [1.29, 1.82) is 0 Å².